The Kier molecular flexibility index (Phi) is 6.72. The van der Waals surface area contributed by atoms with Crippen LogP contribution in [0.25, 0.3) is 0 Å². The highest BCUT2D eigenvalue weighted by atomic mass is 127. The lowest BCUT2D eigenvalue weighted by molar-refractivity contribution is 0.0906. The molecule has 0 fully saturated rings. The normalized spacial score (nSPS) is 15.3. The Hall–Kier alpha value is -0.130. The highest BCUT2D eigenvalue weighted by Gasteiger charge is 2.42. The molecule has 0 N–H and O–H groups in total. The van der Waals surface area contributed by atoms with Crippen molar-refractivity contribution >= 4 is 22.6 Å². The van der Waals surface area contributed by atoms with Gasteiger partial charge in [-0.05, 0) is 42.9 Å². The number of rotatable bonds is 7. The SMILES string of the molecule is CC(C)(CC(C)(C)C(C)(C)C)c1cn(C(C)(C)CC(C)(C)C(C)(C)I)nn1. The van der Waals surface area contributed by atoms with Gasteiger partial charge in [-0.15, -0.1) is 5.10 Å². The first-order chi connectivity index (χ1) is 11.6. The van der Waals surface area contributed by atoms with Crippen molar-refractivity contribution in [2.75, 3.05) is 0 Å². The summed E-state index contributed by atoms with van der Waals surface area (Å²) in [5.41, 5.74) is 1.65. The zero-order valence-electron chi connectivity index (χ0n) is 20.2. The minimum atomic E-state index is -0.0766. The molecule has 0 atom stereocenters. The second-order valence-electron chi connectivity index (χ2n) is 12.6. The molecule has 1 rings (SSSR count). The fourth-order valence-corrected chi connectivity index (χ4v) is 3.89. The summed E-state index contributed by atoms with van der Waals surface area (Å²) in [5.74, 6) is 0. The van der Waals surface area contributed by atoms with Gasteiger partial charge >= 0.3 is 0 Å². The van der Waals surface area contributed by atoms with Crippen LogP contribution in [0.15, 0.2) is 6.20 Å². The molecule has 0 radical (unpaired) electrons. The monoisotopic (exact) mass is 489 g/mol. The zero-order chi connectivity index (χ0) is 21.7. The van der Waals surface area contributed by atoms with E-state index in [0.717, 1.165) is 18.5 Å². The summed E-state index contributed by atoms with van der Waals surface area (Å²) in [6.07, 6.45) is 4.32. The van der Waals surface area contributed by atoms with Crippen LogP contribution in [-0.4, -0.2) is 18.4 Å². The second-order valence-corrected chi connectivity index (χ2v) is 15.3. The summed E-state index contributed by atoms with van der Waals surface area (Å²) >= 11 is 2.57. The molecule has 0 aliphatic rings. The molecule has 0 aliphatic carbocycles. The lowest BCUT2D eigenvalue weighted by atomic mass is 9.61. The molecule has 158 valence electrons. The number of halogens is 1. The Morgan fingerprint density at radius 2 is 1.26 bits per heavy atom. The van der Waals surface area contributed by atoms with Gasteiger partial charge in [-0.25, -0.2) is 4.68 Å². The van der Waals surface area contributed by atoms with Gasteiger partial charge in [0, 0.05) is 15.0 Å². The Balaban J connectivity index is 3.12. The Morgan fingerprint density at radius 1 is 0.778 bits per heavy atom. The maximum atomic E-state index is 4.62. The standard InChI is InChI=1S/C23H44IN3/c1-18(2,3)20(6,7)15-19(4,5)17-14-27(26-25-17)22(10,11)16-21(8,9)23(12,13)24/h14H,15-16H2,1-13H3. The van der Waals surface area contributed by atoms with Crippen molar-refractivity contribution in [3.05, 3.63) is 11.9 Å². The molecule has 3 nitrogen and oxygen atoms in total. The van der Waals surface area contributed by atoms with E-state index >= 15 is 0 Å². The predicted octanol–water partition coefficient (Wildman–Crippen LogP) is 7.38. The van der Waals surface area contributed by atoms with Gasteiger partial charge in [0.05, 0.1) is 11.2 Å². The smallest absolute Gasteiger partial charge is 0.0883 e. The van der Waals surface area contributed by atoms with Crippen molar-refractivity contribution in [1.29, 1.82) is 0 Å². The Bertz CT molecular complexity index is 583. The van der Waals surface area contributed by atoms with E-state index in [0.29, 0.717) is 0 Å². The molecular weight excluding hydrogens is 445 g/mol. The van der Waals surface area contributed by atoms with Gasteiger partial charge in [-0.3, -0.25) is 0 Å². The fraction of sp³-hybridized carbons (Fsp3) is 0.913. The predicted molar refractivity (Wildman–Crippen MR) is 127 cm³/mol. The van der Waals surface area contributed by atoms with E-state index < -0.39 is 0 Å². The summed E-state index contributed by atoms with van der Waals surface area (Å²) in [6.45, 7) is 30.2. The van der Waals surface area contributed by atoms with E-state index in [1.54, 1.807) is 0 Å². The summed E-state index contributed by atoms with van der Waals surface area (Å²) in [5, 5.41) is 9.20. The molecule has 0 unspecified atom stereocenters. The number of nitrogens with zero attached hydrogens (tertiary/aromatic N) is 3. The topological polar surface area (TPSA) is 30.7 Å². The van der Waals surface area contributed by atoms with Gasteiger partial charge < -0.3 is 0 Å². The summed E-state index contributed by atoms with van der Waals surface area (Å²) in [6, 6.07) is 0. The van der Waals surface area contributed by atoms with E-state index in [-0.39, 0.29) is 30.6 Å². The maximum absolute atomic E-state index is 4.62. The molecule has 0 bridgehead atoms. The lowest BCUT2D eigenvalue weighted by Crippen LogP contribution is -2.41. The molecule has 1 heterocycles. The quantitative estimate of drug-likeness (QED) is 0.295. The van der Waals surface area contributed by atoms with Gasteiger partial charge in [-0.2, -0.15) is 0 Å². The van der Waals surface area contributed by atoms with Crippen molar-refractivity contribution in [3.63, 3.8) is 0 Å². The first-order valence-corrected chi connectivity index (χ1v) is 11.3. The lowest BCUT2D eigenvalue weighted by Gasteiger charge is -2.43. The van der Waals surface area contributed by atoms with Crippen LogP contribution < -0.4 is 0 Å². The third-order valence-electron chi connectivity index (χ3n) is 7.21. The fourth-order valence-electron chi connectivity index (χ4n) is 3.70. The molecule has 0 aromatic carbocycles. The summed E-state index contributed by atoms with van der Waals surface area (Å²) in [4.78, 5) is 0. The van der Waals surface area contributed by atoms with Gasteiger partial charge in [0.2, 0.25) is 0 Å². The molecule has 4 heteroatoms. The van der Waals surface area contributed by atoms with Gasteiger partial charge in [-0.1, -0.05) is 104 Å². The molecule has 0 spiro atoms. The largest absolute Gasteiger partial charge is 0.247 e. The Morgan fingerprint density at radius 3 is 1.67 bits per heavy atom. The molecule has 0 aliphatic heterocycles. The van der Waals surface area contributed by atoms with Crippen molar-refractivity contribution in [2.45, 2.75) is 117 Å². The highest BCUT2D eigenvalue weighted by Crippen LogP contribution is 2.48. The first-order valence-electron chi connectivity index (χ1n) is 10.2. The van der Waals surface area contributed by atoms with E-state index in [4.69, 9.17) is 0 Å². The van der Waals surface area contributed by atoms with E-state index in [9.17, 15) is 0 Å². The van der Waals surface area contributed by atoms with Crippen molar-refractivity contribution in [3.8, 4) is 0 Å². The minimum absolute atomic E-state index is 0.0108. The molecule has 0 amide bonds. The van der Waals surface area contributed by atoms with Gasteiger partial charge in [0.1, 0.15) is 0 Å². The van der Waals surface area contributed by atoms with E-state index in [1.807, 2.05) is 0 Å². The maximum Gasteiger partial charge on any atom is 0.0883 e. The van der Waals surface area contributed by atoms with Crippen LogP contribution in [0.1, 0.15) is 109 Å². The third-order valence-corrected chi connectivity index (χ3v) is 8.67. The number of aromatic nitrogens is 3. The molecule has 0 saturated heterocycles. The molecule has 1 aromatic rings. The average molecular weight is 490 g/mol. The van der Waals surface area contributed by atoms with Gasteiger partial charge in [0.25, 0.3) is 0 Å². The molecule has 0 saturated carbocycles. The van der Waals surface area contributed by atoms with Crippen LogP contribution in [0, 0.1) is 16.2 Å². The summed E-state index contributed by atoms with van der Waals surface area (Å²) < 4.78 is 2.31. The number of hydrogen-bond acceptors (Lipinski definition) is 2. The van der Waals surface area contributed by atoms with Crippen molar-refractivity contribution in [1.82, 2.24) is 15.0 Å². The first kappa shape index (κ1) is 24.9. The van der Waals surface area contributed by atoms with Crippen molar-refractivity contribution in [2.24, 2.45) is 16.2 Å². The molecule has 1 aromatic heterocycles. The molecule has 27 heavy (non-hydrogen) atoms. The molecular formula is C23H44IN3. The average Bonchev–Trinajstić information content (AvgIpc) is 2.83. The summed E-state index contributed by atoms with van der Waals surface area (Å²) in [7, 11) is 0. The van der Waals surface area contributed by atoms with Crippen molar-refractivity contribution < 1.29 is 0 Å². The van der Waals surface area contributed by atoms with E-state index in [1.165, 1.54) is 0 Å². The second kappa shape index (κ2) is 7.28. The zero-order valence-corrected chi connectivity index (χ0v) is 22.4. The van der Waals surface area contributed by atoms with Crippen LogP contribution in [-0.2, 0) is 11.0 Å². The van der Waals surface area contributed by atoms with Crippen LogP contribution in [0.5, 0.6) is 0 Å². The van der Waals surface area contributed by atoms with Gasteiger partial charge in [0.15, 0.2) is 0 Å². The minimum Gasteiger partial charge on any atom is -0.247 e. The third kappa shape index (κ3) is 5.70. The van der Waals surface area contributed by atoms with Crippen LogP contribution in [0.2, 0.25) is 0 Å². The number of alkyl halides is 1. The van der Waals surface area contributed by atoms with E-state index in [2.05, 4.69) is 134 Å². The Labute approximate surface area is 182 Å². The highest BCUT2D eigenvalue weighted by molar-refractivity contribution is 14.1. The van der Waals surface area contributed by atoms with Crippen LogP contribution in [0.3, 0.4) is 0 Å². The van der Waals surface area contributed by atoms with Crippen LogP contribution >= 0.6 is 22.6 Å². The van der Waals surface area contributed by atoms with Crippen LogP contribution in [0.4, 0.5) is 0 Å². The number of hydrogen-bond donors (Lipinski definition) is 0.